The van der Waals surface area contributed by atoms with Crippen LogP contribution in [-0.4, -0.2) is 69.7 Å². The van der Waals surface area contributed by atoms with Gasteiger partial charge in [-0.15, -0.1) is 0 Å². The Hall–Kier alpha value is -3.95. The van der Waals surface area contributed by atoms with E-state index in [2.05, 4.69) is 17.1 Å². The molecule has 1 amide bonds. The third-order valence-corrected chi connectivity index (χ3v) is 7.81. The summed E-state index contributed by atoms with van der Waals surface area (Å²) in [6.07, 6.45) is 1.52. The van der Waals surface area contributed by atoms with Crippen LogP contribution in [-0.2, 0) is 13.6 Å². The number of benzene rings is 2. The second-order valence-electron chi connectivity index (χ2n) is 10.2. The average Bonchev–Trinajstić information content (AvgIpc) is 3.25. The highest BCUT2D eigenvalue weighted by molar-refractivity contribution is 6.12. The van der Waals surface area contributed by atoms with Crippen molar-refractivity contribution in [3.05, 3.63) is 76.2 Å². The van der Waals surface area contributed by atoms with Gasteiger partial charge in [-0.2, -0.15) is 0 Å². The number of carbonyl (C=O) groups excluding carboxylic acids is 2. The molecule has 4 aromatic rings. The fourth-order valence-electron chi connectivity index (χ4n) is 5.86. The largest absolute Gasteiger partial charge is 0.493 e. The fourth-order valence-corrected chi connectivity index (χ4v) is 5.86. The van der Waals surface area contributed by atoms with E-state index in [1.54, 1.807) is 35.9 Å². The number of hydrogen-bond acceptors (Lipinski definition) is 6. The molecule has 0 saturated carbocycles. The van der Waals surface area contributed by atoms with Crippen molar-refractivity contribution in [3.63, 3.8) is 0 Å². The number of aromatic nitrogens is 2. The summed E-state index contributed by atoms with van der Waals surface area (Å²) in [5, 5.41) is 13.5. The Balaban J connectivity index is 1.58. The third kappa shape index (κ3) is 4.84. The van der Waals surface area contributed by atoms with Gasteiger partial charge in [0.2, 0.25) is 0 Å². The topological polar surface area (TPSA) is 106 Å². The van der Waals surface area contributed by atoms with E-state index in [-0.39, 0.29) is 59.3 Å². The van der Waals surface area contributed by atoms with Crippen LogP contribution in [0.4, 0.5) is 0 Å². The molecule has 204 valence electrons. The first-order valence-electron chi connectivity index (χ1n) is 13.3. The van der Waals surface area contributed by atoms with E-state index >= 15 is 0 Å². The second-order valence-corrected chi connectivity index (χ2v) is 10.2. The van der Waals surface area contributed by atoms with E-state index in [0.717, 1.165) is 24.8 Å². The number of piperidine rings is 1. The summed E-state index contributed by atoms with van der Waals surface area (Å²) in [6.45, 7) is 3.46. The van der Waals surface area contributed by atoms with Gasteiger partial charge in [0.1, 0.15) is 5.39 Å². The van der Waals surface area contributed by atoms with Crippen LogP contribution in [0.15, 0.2) is 59.4 Å². The SMILES string of the molecule is COc1c(C(=O)NC2CCN(CCO)C(C)C2)n(C)c2c1c(=O)n(CC(=O)c1ccccc1)c1ccccc21. The highest BCUT2D eigenvalue weighted by Crippen LogP contribution is 2.35. The van der Waals surface area contributed by atoms with Crippen LogP contribution < -0.4 is 15.6 Å². The van der Waals surface area contributed by atoms with Gasteiger partial charge < -0.3 is 19.7 Å². The summed E-state index contributed by atoms with van der Waals surface area (Å²) in [7, 11) is 3.21. The van der Waals surface area contributed by atoms with E-state index in [1.807, 2.05) is 30.3 Å². The monoisotopic (exact) mass is 530 g/mol. The van der Waals surface area contributed by atoms with Gasteiger partial charge in [-0.1, -0.05) is 48.5 Å². The molecule has 0 bridgehead atoms. The molecule has 3 heterocycles. The zero-order valence-electron chi connectivity index (χ0n) is 22.5. The van der Waals surface area contributed by atoms with Crippen molar-refractivity contribution < 1.29 is 19.4 Å². The van der Waals surface area contributed by atoms with E-state index in [0.29, 0.717) is 23.1 Å². The molecule has 1 aliphatic rings. The molecular weight excluding hydrogens is 496 g/mol. The number of rotatable bonds is 8. The number of pyridine rings is 1. The predicted molar refractivity (Wildman–Crippen MR) is 151 cm³/mol. The standard InChI is InChI=1S/C30H34N4O5/c1-19-17-21(13-14-33(19)15-16-35)31-29(37)27-28(39-3)25-26(32(27)2)22-11-7-8-12-23(22)34(30(25)38)18-24(36)20-9-5-4-6-10-20/h4-12,19,21,35H,13-18H2,1-3H3,(H,31,37). The van der Waals surface area contributed by atoms with Crippen molar-refractivity contribution in [2.24, 2.45) is 7.05 Å². The van der Waals surface area contributed by atoms with E-state index in [9.17, 15) is 19.5 Å². The molecule has 39 heavy (non-hydrogen) atoms. The molecule has 0 spiro atoms. The highest BCUT2D eigenvalue weighted by Gasteiger charge is 2.31. The lowest BCUT2D eigenvalue weighted by Gasteiger charge is -2.37. The molecule has 2 unspecified atom stereocenters. The molecule has 0 aliphatic carbocycles. The lowest BCUT2D eigenvalue weighted by atomic mass is 9.98. The van der Waals surface area contributed by atoms with E-state index < -0.39 is 0 Å². The Kier molecular flexibility index (Phi) is 7.54. The number of hydrogen-bond donors (Lipinski definition) is 2. The van der Waals surface area contributed by atoms with E-state index in [1.165, 1.54) is 11.7 Å². The Labute approximate surface area is 226 Å². The van der Waals surface area contributed by atoms with Crippen LogP contribution in [0.1, 0.15) is 40.6 Å². The van der Waals surface area contributed by atoms with Crippen molar-refractivity contribution in [1.29, 1.82) is 0 Å². The average molecular weight is 531 g/mol. The molecular formula is C30H34N4O5. The zero-order valence-corrected chi connectivity index (χ0v) is 22.5. The zero-order chi connectivity index (χ0) is 27.7. The lowest BCUT2D eigenvalue weighted by molar-refractivity contribution is 0.0831. The fraction of sp³-hybridized carbons (Fsp3) is 0.367. The summed E-state index contributed by atoms with van der Waals surface area (Å²) in [5.41, 5.74) is 1.61. The van der Waals surface area contributed by atoms with Crippen molar-refractivity contribution in [3.8, 4) is 5.75 Å². The number of nitrogens with one attached hydrogen (secondary N) is 1. The third-order valence-electron chi connectivity index (χ3n) is 7.81. The lowest BCUT2D eigenvalue weighted by Crippen LogP contribution is -2.49. The summed E-state index contributed by atoms with van der Waals surface area (Å²) in [4.78, 5) is 43.0. The maximum absolute atomic E-state index is 14.0. The van der Waals surface area contributed by atoms with Gasteiger partial charge in [0, 0.05) is 43.2 Å². The van der Waals surface area contributed by atoms with Gasteiger partial charge in [0.25, 0.3) is 11.5 Å². The molecule has 9 heteroatoms. The number of fused-ring (bicyclic) bond motifs is 3. The Bertz CT molecular complexity index is 1590. The van der Waals surface area contributed by atoms with Gasteiger partial charge in [-0.05, 0) is 25.8 Å². The number of aliphatic hydroxyl groups is 1. The van der Waals surface area contributed by atoms with Crippen LogP contribution in [0.25, 0.3) is 21.8 Å². The number of Topliss-reactive ketones (excluding diaryl/α,β-unsaturated/α-hetero) is 1. The van der Waals surface area contributed by atoms with Gasteiger partial charge in [-0.25, -0.2) is 0 Å². The van der Waals surface area contributed by atoms with Crippen LogP contribution in [0, 0.1) is 0 Å². The number of carbonyl (C=O) groups is 2. The molecule has 1 fully saturated rings. The smallest absolute Gasteiger partial charge is 0.272 e. The van der Waals surface area contributed by atoms with Crippen LogP contribution in [0.5, 0.6) is 5.75 Å². The number of amides is 1. The molecule has 1 aliphatic heterocycles. The Morgan fingerprint density at radius 1 is 1.10 bits per heavy atom. The number of ether oxygens (including phenoxy) is 1. The molecule has 5 rings (SSSR count). The van der Waals surface area contributed by atoms with Crippen LogP contribution in [0.3, 0.4) is 0 Å². The minimum absolute atomic E-state index is 0.0398. The molecule has 2 N–H and O–H groups in total. The van der Waals surface area contributed by atoms with Gasteiger partial charge in [0.15, 0.2) is 17.2 Å². The minimum Gasteiger partial charge on any atom is -0.493 e. The normalized spacial score (nSPS) is 17.9. The summed E-state index contributed by atoms with van der Waals surface area (Å²) in [6, 6.07) is 16.5. The van der Waals surface area contributed by atoms with Crippen molar-refractivity contribution in [2.45, 2.75) is 38.4 Å². The molecule has 1 saturated heterocycles. The second kappa shape index (κ2) is 11.0. The number of nitrogens with zero attached hydrogens (tertiary/aromatic N) is 3. The summed E-state index contributed by atoms with van der Waals surface area (Å²) >= 11 is 0. The van der Waals surface area contributed by atoms with Gasteiger partial charge >= 0.3 is 0 Å². The molecule has 0 radical (unpaired) electrons. The predicted octanol–water partition coefficient (Wildman–Crippen LogP) is 2.96. The van der Waals surface area contributed by atoms with Crippen molar-refractivity contribution >= 4 is 33.5 Å². The number of β-amino-alcohol motifs (C(OH)–C–C–N with tert-alkyl or cyclic N) is 1. The van der Waals surface area contributed by atoms with Crippen molar-refractivity contribution in [2.75, 3.05) is 26.8 Å². The molecule has 2 atom stereocenters. The minimum atomic E-state index is -0.384. The first kappa shape index (κ1) is 26.6. The molecule has 2 aromatic carbocycles. The number of aryl methyl sites for hydroxylation is 1. The molecule has 9 nitrogen and oxygen atoms in total. The number of para-hydroxylation sites is 1. The maximum atomic E-state index is 14.0. The summed E-state index contributed by atoms with van der Waals surface area (Å²) < 4.78 is 8.91. The first-order valence-corrected chi connectivity index (χ1v) is 13.3. The van der Waals surface area contributed by atoms with E-state index in [4.69, 9.17) is 4.74 Å². The number of aliphatic hydroxyl groups excluding tert-OH is 1. The summed E-state index contributed by atoms with van der Waals surface area (Å²) in [5.74, 6) is -0.294. The van der Waals surface area contributed by atoms with Crippen LogP contribution in [0.2, 0.25) is 0 Å². The number of likely N-dealkylation sites (tertiary alicyclic amines) is 1. The van der Waals surface area contributed by atoms with Crippen molar-refractivity contribution in [1.82, 2.24) is 19.4 Å². The Morgan fingerprint density at radius 2 is 1.82 bits per heavy atom. The first-order chi connectivity index (χ1) is 18.8. The van der Waals surface area contributed by atoms with Gasteiger partial charge in [-0.3, -0.25) is 23.9 Å². The Morgan fingerprint density at radius 3 is 2.51 bits per heavy atom. The molecule has 2 aromatic heterocycles. The quantitative estimate of drug-likeness (QED) is 0.340. The van der Waals surface area contributed by atoms with Gasteiger partial charge in [0.05, 0.1) is 31.3 Å². The highest BCUT2D eigenvalue weighted by atomic mass is 16.5. The van der Waals surface area contributed by atoms with Crippen LogP contribution >= 0.6 is 0 Å². The number of methoxy groups -OCH3 is 1. The number of ketones is 1. The maximum Gasteiger partial charge on any atom is 0.272 e.